The largest absolute Gasteiger partial charge is 0.481 e. The van der Waals surface area contributed by atoms with E-state index in [0.717, 1.165) is 29.3 Å². The van der Waals surface area contributed by atoms with Gasteiger partial charge >= 0.3 is 5.97 Å². The van der Waals surface area contributed by atoms with E-state index < -0.39 is 11.4 Å². The number of carboxylic acid groups (broad SMARTS) is 1. The van der Waals surface area contributed by atoms with Crippen LogP contribution in [-0.4, -0.2) is 17.6 Å². The molecule has 0 spiro atoms. The lowest BCUT2D eigenvalue weighted by Gasteiger charge is -2.44. The first-order valence-electron chi connectivity index (χ1n) is 5.80. The van der Waals surface area contributed by atoms with Gasteiger partial charge < -0.3 is 10.8 Å². The van der Waals surface area contributed by atoms with Crippen molar-refractivity contribution in [1.82, 2.24) is 0 Å². The van der Waals surface area contributed by atoms with Gasteiger partial charge in [-0.05, 0) is 24.5 Å². The van der Waals surface area contributed by atoms with E-state index in [1.165, 1.54) is 0 Å². The van der Waals surface area contributed by atoms with Gasteiger partial charge in [-0.25, -0.2) is 0 Å². The third-order valence-corrected chi connectivity index (χ3v) is 4.58. The molecule has 0 bridgehead atoms. The van der Waals surface area contributed by atoms with Gasteiger partial charge in [0, 0.05) is 16.9 Å². The summed E-state index contributed by atoms with van der Waals surface area (Å²) >= 11 is 3.48. The Morgan fingerprint density at radius 1 is 1.47 bits per heavy atom. The number of rotatable bonds is 4. The van der Waals surface area contributed by atoms with Crippen molar-refractivity contribution in [3.8, 4) is 0 Å². The number of aliphatic carboxylic acids is 1. The number of carboxylic acids is 1. The Labute approximate surface area is 109 Å². The Morgan fingerprint density at radius 3 is 2.53 bits per heavy atom. The van der Waals surface area contributed by atoms with Gasteiger partial charge in [-0.15, -0.1) is 0 Å². The number of hydrogen-bond donors (Lipinski definition) is 2. The maximum atomic E-state index is 11.5. The minimum atomic E-state index is -0.713. The van der Waals surface area contributed by atoms with Crippen molar-refractivity contribution in [2.45, 2.75) is 25.2 Å². The highest BCUT2D eigenvalue weighted by Crippen LogP contribution is 2.52. The van der Waals surface area contributed by atoms with Crippen LogP contribution >= 0.6 is 15.9 Å². The standard InChI is InChI=1S/C13H16BrNO2/c14-11-5-2-1-4-9(11)10(8-15)13(12(16)17)6-3-7-13/h1-2,4-5,10H,3,6-8,15H2,(H,16,17)/t10-/m1/s1. The molecule has 0 saturated heterocycles. The Balaban J connectivity index is 2.40. The lowest BCUT2D eigenvalue weighted by molar-refractivity contribution is -0.156. The number of halogens is 1. The molecule has 0 aromatic heterocycles. The third kappa shape index (κ3) is 2.00. The van der Waals surface area contributed by atoms with Gasteiger partial charge in [-0.2, -0.15) is 0 Å². The van der Waals surface area contributed by atoms with E-state index in [0.29, 0.717) is 6.54 Å². The van der Waals surface area contributed by atoms with Gasteiger partial charge in [0.15, 0.2) is 0 Å². The summed E-state index contributed by atoms with van der Waals surface area (Å²) in [4.78, 5) is 11.5. The highest BCUT2D eigenvalue weighted by Gasteiger charge is 2.50. The lowest BCUT2D eigenvalue weighted by atomic mass is 9.59. The Morgan fingerprint density at radius 2 is 2.12 bits per heavy atom. The number of carbonyl (C=O) groups is 1. The van der Waals surface area contributed by atoms with Crippen molar-refractivity contribution in [3.05, 3.63) is 34.3 Å². The van der Waals surface area contributed by atoms with Gasteiger partial charge in [0.25, 0.3) is 0 Å². The van der Waals surface area contributed by atoms with Gasteiger partial charge in [0.1, 0.15) is 0 Å². The molecule has 0 unspecified atom stereocenters. The zero-order valence-corrected chi connectivity index (χ0v) is 11.1. The molecule has 92 valence electrons. The quantitative estimate of drug-likeness (QED) is 0.898. The van der Waals surface area contributed by atoms with Crippen LogP contribution in [0.3, 0.4) is 0 Å². The molecule has 1 aromatic carbocycles. The third-order valence-electron chi connectivity index (χ3n) is 3.86. The van der Waals surface area contributed by atoms with Gasteiger partial charge in [-0.1, -0.05) is 40.5 Å². The Kier molecular flexibility index (Phi) is 3.54. The van der Waals surface area contributed by atoms with Crippen LogP contribution in [-0.2, 0) is 4.79 Å². The Hall–Kier alpha value is -0.870. The maximum absolute atomic E-state index is 11.5. The summed E-state index contributed by atoms with van der Waals surface area (Å²) in [7, 11) is 0. The molecular weight excluding hydrogens is 282 g/mol. The van der Waals surface area contributed by atoms with E-state index in [4.69, 9.17) is 5.73 Å². The van der Waals surface area contributed by atoms with Crippen molar-refractivity contribution in [1.29, 1.82) is 0 Å². The SMILES string of the molecule is NC[C@H](c1ccccc1Br)C1(C(=O)O)CCC1. The molecule has 17 heavy (non-hydrogen) atoms. The molecular formula is C13H16BrNO2. The monoisotopic (exact) mass is 297 g/mol. The summed E-state index contributed by atoms with van der Waals surface area (Å²) < 4.78 is 0.947. The second-order valence-corrected chi connectivity index (χ2v) is 5.48. The lowest BCUT2D eigenvalue weighted by Crippen LogP contribution is -2.46. The molecule has 0 aliphatic heterocycles. The summed E-state index contributed by atoms with van der Waals surface area (Å²) in [6.45, 7) is 0.370. The van der Waals surface area contributed by atoms with Gasteiger partial charge in [0.2, 0.25) is 0 Å². The normalized spacial score (nSPS) is 19.4. The zero-order valence-electron chi connectivity index (χ0n) is 9.53. The molecule has 1 atom stereocenters. The van der Waals surface area contributed by atoms with Crippen LogP contribution in [0.25, 0.3) is 0 Å². The van der Waals surface area contributed by atoms with Crippen molar-refractivity contribution in [3.63, 3.8) is 0 Å². The molecule has 1 aliphatic carbocycles. The van der Waals surface area contributed by atoms with Crippen molar-refractivity contribution in [2.24, 2.45) is 11.1 Å². The van der Waals surface area contributed by atoms with Crippen molar-refractivity contribution < 1.29 is 9.90 Å². The highest BCUT2D eigenvalue weighted by molar-refractivity contribution is 9.10. The van der Waals surface area contributed by atoms with Crippen LogP contribution in [0.15, 0.2) is 28.7 Å². The van der Waals surface area contributed by atoms with Crippen LogP contribution in [0.5, 0.6) is 0 Å². The summed E-state index contributed by atoms with van der Waals surface area (Å²) in [5.41, 5.74) is 6.18. The number of nitrogens with two attached hydrogens (primary N) is 1. The smallest absolute Gasteiger partial charge is 0.310 e. The fraction of sp³-hybridized carbons (Fsp3) is 0.462. The van der Waals surface area contributed by atoms with Crippen LogP contribution in [0.1, 0.15) is 30.7 Å². The fourth-order valence-electron chi connectivity index (χ4n) is 2.68. The summed E-state index contributed by atoms with van der Waals surface area (Å²) in [6, 6.07) is 7.75. The second kappa shape index (κ2) is 4.78. The van der Waals surface area contributed by atoms with Gasteiger partial charge in [-0.3, -0.25) is 4.79 Å². The topological polar surface area (TPSA) is 63.3 Å². The summed E-state index contributed by atoms with van der Waals surface area (Å²) in [5.74, 6) is -0.820. The van der Waals surface area contributed by atoms with Gasteiger partial charge in [0.05, 0.1) is 5.41 Å². The predicted octanol–water partition coefficient (Wildman–Crippen LogP) is 2.75. The van der Waals surface area contributed by atoms with E-state index in [1.54, 1.807) is 0 Å². The molecule has 1 fully saturated rings. The average molecular weight is 298 g/mol. The number of benzene rings is 1. The molecule has 1 aromatic rings. The van der Waals surface area contributed by atoms with Crippen LogP contribution < -0.4 is 5.73 Å². The maximum Gasteiger partial charge on any atom is 0.310 e. The fourth-order valence-corrected chi connectivity index (χ4v) is 3.24. The van der Waals surface area contributed by atoms with Crippen molar-refractivity contribution >= 4 is 21.9 Å². The van der Waals surface area contributed by atoms with E-state index in [1.807, 2.05) is 24.3 Å². The van der Waals surface area contributed by atoms with Crippen LogP contribution in [0.4, 0.5) is 0 Å². The average Bonchev–Trinajstić information content (AvgIpc) is 2.24. The first kappa shape index (κ1) is 12.6. The van der Waals surface area contributed by atoms with Crippen molar-refractivity contribution in [2.75, 3.05) is 6.54 Å². The number of hydrogen-bond acceptors (Lipinski definition) is 2. The molecule has 1 aliphatic rings. The molecule has 0 radical (unpaired) electrons. The molecule has 3 nitrogen and oxygen atoms in total. The van der Waals surface area contributed by atoms with Crippen LogP contribution in [0.2, 0.25) is 0 Å². The summed E-state index contributed by atoms with van der Waals surface area (Å²) in [5, 5.41) is 9.47. The zero-order chi connectivity index (χ0) is 12.5. The first-order valence-corrected chi connectivity index (χ1v) is 6.59. The molecule has 4 heteroatoms. The predicted molar refractivity (Wildman–Crippen MR) is 69.9 cm³/mol. The molecule has 2 rings (SSSR count). The van der Waals surface area contributed by atoms with E-state index >= 15 is 0 Å². The van der Waals surface area contributed by atoms with Crippen LogP contribution in [0, 0.1) is 5.41 Å². The van der Waals surface area contributed by atoms with E-state index in [-0.39, 0.29) is 5.92 Å². The summed E-state index contributed by atoms with van der Waals surface area (Å²) in [6.07, 6.45) is 2.43. The molecule has 0 amide bonds. The molecule has 0 heterocycles. The minimum Gasteiger partial charge on any atom is -0.481 e. The Bertz CT molecular complexity index is 429. The first-order chi connectivity index (χ1) is 8.12. The molecule has 1 saturated carbocycles. The van der Waals surface area contributed by atoms with E-state index in [2.05, 4.69) is 15.9 Å². The highest BCUT2D eigenvalue weighted by atomic mass is 79.9. The minimum absolute atomic E-state index is 0.107. The van der Waals surface area contributed by atoms with E-state index in [9.17, 15) is 9.90 Å². The second-order valence-electron chi connectivity index (χ2n) is 4.62. The molecule has 3 N–H and O–H groups in total.